The monoisotopic (exact) mass is 420 g/mol. The molecule has 0 saturated heterocycles. The van der Waals surface area contributed by atoms with Gasteiger partial charge in [-0.25, -0.2) is 4.79 Å². The van der Waals surface area contributed by atoms with Gasteiger partial charge in [-0.2, -0.15) is 13.2 Å². The molecule has 2 aromatic rings. The van der Waals surface area contributed by atoms with Crippen molar-refractivity contribution in [2.45, 2.75) is 25.1 Å². The van der Waals surface area contributed by atoms with E-state index in [1.807, 2.05) is 0 Å². The van der Waals surface area contributed by atoms with Gasteiger partial charge in [0.2, 0.25) is 0 Å². The number of hydrogen-bond acceptors (Lipinski definition) is 5. The maximum absolute atomic E-state index is 14.0. The summed E-state index contributed by atoms with van der Waals surface area (Å²) in [6.07, 6.45) is -2.33. The van der Waals surface area contributed by atoms with E-state index in [-0.39, 0.29) is 12.3 Å². The van der Waals surface area contributed by atoms with Gasteiger partial charge in [0.15, 0.2) is 0 Å². The van der Waals surface area contributed by atoms with Gasteiger partial charge in [-0.05, 0) is 30.2 Å². The average Bonchev–Trinajstić information content (AvgIpc) is 2.71. The third-order valence-electron chi connectivity index (χ3n) is 4.14. The first-order valence-corrected chi connectivity index (χ1v) is 8.95. The number of non-ortho nitro benzene ring substituents is 1. The Bertz CT molecular complexity index is 926. The highest BCUT2D eigenvalue weighted by atomic mass is 19.4. The molecule has 0 aliphatic rings. The van der Waals surface area contributed by atoms with Crippen LogP contribution in [0.4, 0.5) is 18.9 Å². The molecule has 0 aliphatic carbocycles. The Hall–Kier alpha value is -3.49. The molecule has 0 amide bonds. The number of hydrogen-bond donors (Lipinski definition) is 0. The summed E-state index contributed by atoms with van der Waals surface area (Å²) in [5.41, 5.74) is -2.42. The largest absolute Gasteiger partial charge is 0.464 e. The Morgan fingerprint density at radius 3 is 2.27 bits per heavy atom. The molecule has 0 aromatic heterocycles. The number of ether oxygens (including phenoxy) is 1. The van der Waals surface area contributed by atoms with E-state index >= 15 is 0 Å². The molecule has 0 aliphatic heterocycles. The summed E-state index contributed by atoms with van der Waals surface area (Å²) in [6, 6.07) is 13.3. The van der Waals surface area contributed by atoms with Crippen LogP contribution in [0.5, 0.6) is 0 Å². The third-order valence-corrected chi connectivity index (χ3v) is 4.14. The van der Waals surface area contributed by atoms with E-state index in [0.717, 1.165) is 12.3 Å². The molecule has 0 bridgehead atoms. The number of esters is 1. The fraction of sp³-hybridized carbons (Fsp3) is 0.238. The highest BCUT2D eigenvalue weighted by Crippen LogP contribution is 2.38. The molecule has 9 heteroatoms. The lowest BCUT2D eigenvalue weighted by Crippen LogP contribution is -2.51. The number of rotatable bonds is 8. The molecule has 0 N–H and O–H groups in total. The number of aliphatic imine (C=N–C) groups is 1. The van der Waals surface area contributed by atoms with Gasteiger partial charge in [-0.3, -0.25) is 15.1 Å². The van der Waals surface area contributed by atoms with Crippen LogP contribution in [0.1, 0.15) is 24.5 Å². The van der Waals surface area contributed by atoms with Crippen molar-refractivity contribution in [3.05, 3.63) is 81.9 Å². The van der Waals surface area contributed by atoms with Gasteiger partial charge in [-0.15, -0.1) is 0 Å². The molecule has 0 fully saturated rings. The summed E-state index contributed by atoms with van der Waals surface area (Å²) in [4.78, 5) is 26.1. The summed E-state index contributed by atoms with van der Waals surface area (Å²) in [5.74, 6) is -1.50. The van der Waals surface area contributed by atoms with Gasteiger partial charge >= 0.3 is 12.1 Å². The number of alkyl halides is 3. The summed E-state index contributed by atoms with van der Waals surface area (Å²) in [7, 11) is 0. The van der Waals surface area contributed by atoms with Gasteiger partial charge in [0.05, 0.1) is 11.5 Å². The smallest absolute Gasteiger partial charge is 0.424 e. The first-order chi connectivity index (χ1) is 14.2. The zero-order valence-electron chi connectivity index (χ0n) is 16.0. The molecule has 2 aromatic carbocycles. The number of nitrogens with zero attached hydrogens (tertiary/aromatic N) is 2. The second kappa shape index (κ2) is 9.82. The summed E-state index contributed by atoms with van der Waals surface area (Å²) >= 11 is 0. The van der Waals surface area contributed by atoms with Crippen LogP contribution >= 0.6 is 0 Å². The van der Waals surface area contributed by atoms with Crippen LogP contribution in [0.3, 0.4) is 0 Å². The highest BCUT2D eigenvalue weighted by Gasteiger charge is 2.61. The molecule has 158 valence electrons. The number of halogens is 3. The number of benzene rings is 2. The number of nitro groups is 1. The van der Waals surface area contributed by atoms with Crippen molar-refractivity contribution in [1.29, 1.82) is 0 Å². The van der Waals surface area contributed by atoms with Crippen molar-refractivity contribution in [3.8, 4) is 0 Å². The normalized spacial score (nSPS) is 14.0. The average molecular weight is 420 g/mol. The second-order valence-corrected chi connectivity index (χ2v) is 6.20. The second-order valence-electron chi connectivity index (χ2n) is 6.20. The van der Waals surface area contributed by atoms with Crippen molar-refractivity contribution in [1.82, 2.24) is 0 Å². The molecule has 0 spiro atoms. The van der Waals surface area contributed by atoms with Gasteiger partial charge < -0.3 is 4.74 Å². The Kier molecular flexibility index (Phi) is 7.46. The zero-order chi connectivity index (χ0) is 22.2. The highest BCUT2D eigenvalue weighted by molar-refractivity contribution is 5.88. The van der Waals surface area contributed by atoms with Crippen molar-refractivity contribution >= 4 is 23.9 Å². The predicted octanol–water partition coefficient (Wildman–Crippen LogP) is 4.98. The van der Waals surface area contributed by atoms with Gasteiger partial charge in [0, 0.05) is 24.8 Å². The number of nitro benzene ring substituents is 1. The third kappa shape index (κ3) is 5.53. The maximum atomic E-state index is 14.0. The molecule has 0 heterocycles. The van der Waals surface area contributed by atoms with E-state index in [1.165, 1.54) is 37.3 Å². The Morgan fingerprint density at radius 1 is 1.10 bits per heavy atom. The van der Waals surface area contributed by atoms with Crippen LogP contribution in [0.25, 0.3) is 6.08 Å². The molecule has 0 saturated carbocycles. The van der Waals surface area contributed by atoms with E-state index in [1.54, 1.807) is 30.3 Å². The predicted molar refractivity (Wildman–Crippen MR) is 106 cm³/mol. The topological polar surface area (TPSA) is 81.8 Å². The standard InChI is InChI=1S/C21H19F3N2O4/c1-2-30-19(27)20(21(22,23)24,25-15-17-7-4-3-5-8-17)14-6-9-16-10-12-18(13-11-16)26(28)29/h3-13,15H,2,14H2,1H3/b9-6+,25-15?. The van der Waals surface area contributed by atoms with Crippen LogP contribution in [-0.2, 0) is 9.53 Å². The Balaban J connectivity index is 2.37. The number of carbonyl (C=O) groups is 1. The molecule has 0 radical (unpaired) electrons. The van der Waals surface area contributed by atoms with Gasteiger partial charge in [-0.1, -0.05) is 42.5 Å². The molecular formula is C21H19F3N2O4. The first-order valence-electron chi connectivity index (χ1n) is 8.95. The summed E-state index contributed by atoms with van der Waals surface area (Å²) in [5, 5.41) is 10.7. The minimum Gasteiger partial charge on any atom is -0.464 e. The summed E-state index contributed by atoms with van der Waals surface area (Å²) in [6.45, 7) is 1.18. The van der Waals surface area contributed by atoms with Crippen molar-refractivity contribution in [3.63, 3.8) is 0 Å². The number of carbonyl (C=O) groups excluding carboxylic acids is 1. The van der Waals surface area contributed by atoms with Crippen molar-refractivity contribution in [2.24, 2.45) is 4.99 Å². The lowest BCUT2D eigenvalue weighted by atomic mass is 9.94. The van der Waals surface area contributed by atoms with Crippen LogP contribution in [0, 0.1) is 10.1 Å². The van der Waals surface area contributed by atoms with Crippen LogP contribution in [-0.4, -0.2) is 35.4 Å². The fourth-order valence-electron chi connectivity index (χ4n) is 2.54. The lowest BCUT2D eigenvalue weighted by Gasteiger charge is -2.28. The van der Waals surface area contributed by atoms with Gasteiger partial charge in [0.25, 0.3) is 11.2 Å². The minimum absolute atomic E-state index is 0.143. The quantitative estimate of drug-likeness (QED) is 0.261. The van der Waals surface area contributed by atoms with E-state index in [9.17, 15) is 28.1 Å². The van der Waals surface area contributed by atoms with E-state index < -0.39 is 29.0 Å². The maximum Gasteiger partial charge on any atom is 0.424 e. The SMILES string of the molecule is CCOC(=O)C(C/C=C/c1ccc([N+](=O)[O-])cc1)(N=Cc1ccccc1)C(F)(F)F. The molecule has 30 heavy (non-hydrogen) atoms. The minimum atomic E-state index is -5.01. The molecule has 2 rings (SSSR count). The zero-order valence-corrected chi connectivity index (χ0v) is 16.0. The first kappa shape index (κ1) is 22.8. The molecule has 1 atom stereocenters. The van der Waals surface area contributed by atoms with Crippen LogP contribution in [0.2, 0.25) is 0 Å². The van der Waals surface area contributed by atoms with E-state index in [4.69, 9.17) is 0 Å². The Morgan fingerprint density at radius 2 is 1.73 bits per heavy atom. The lowest BCUT2D eigenvalue weighted by molar-refractivity contribution is -0.384. The summed E-state index contributed by atoms with van der Waals surface area (Å²) < 4.78 is 46.7. The van der Waals surface area contributed by atoms with Gasteiger partial charge in [0.1, 0.15) is 0 Å². The molecular weight excluding hydrogens is 401 g/mol. The molecule has 1 unspecified atom stereocenters. The van der Waals surface area contributed by atoms with E-state index in [0.29, 0.717) is 11.1 Å². The van der Waals surface area contributed by atoms with E-state index in [2.05, 4.69) is 9.73 Å². The van der Waals surface area contributed by atoms with Crippen LogP contribution in [0.15, 0.2) is 65.7 Å². The van der Waals surface area contributed by atoms with Crippen molar-refractivity contribution in [2.75, 3.05) is 6.61 Å². The fourth-order valence-corrected chi connectivity index (χ4v) is 2.54. The van der Waals surface area contributed by atoms with Crippen molar-refractivity contribution < 1.29 is 27.6 Å². The Labute approximate surface area is 170 Å². The van der Waals surface area contributed by atoms with Crippen LogP contribution < -0.4 is 0 Å². The molecule has 6 nitrogen and oxygen atoms in total.